The van der Waals surface area contributed by atoms with E-state index < -0.39 is 28.4 Å². The molecule has 0 aliphatic carbocycles. The highest BCUT2D eigenvalue weighted by Crippen LogP contribution is 2.41. The molecule has 1 aliphatic rings. The molecule has 34 heavy (non-hydrogen) atoms. The van der Waals surface area contributed by atoms with E-state index in [2.05, 4.69) is 0 Å². The smallest absolute Gasteiger partial charge is 0.295 e. The van der Waals surface area contributed by atoms with Gasteiger partial charge in [0.25, 0.3) is 17.4 Å². The number of carbonyl (C=O) groups is 2. The lowest BCUT2D eigenvalue weighted by Gasteiger charge is -2.26. The van der Waals surface area contributed by atoms with Gasteiger partial charge in [-0.2, -0.15) is 0 Å². The minimum absolute atomic E-state index is 0.0191. The zero-order chi connectivity index (χ0) is 24.6. The molecule has 3 aromatic carbocycles. The fourth-order valence-electron chi connectivity index (χ4n) is 4.10. The van der Waals surface area contributed by atoms with Crippen LogP contribution in [0.2, 0.25) is 0 Å². The third-order valence-corrected chi connectivity index (χ3v) is 5.95. The monoisotopic (exact) mass is 458 g/mol. The lowest BCUT2D eigenvalue weighted by Crippen LogP contribution is -2.29. The number of aryl methyl sites for hydroxylation is 2. The molecule has 0 spiro atoms. The van der Waals surface area contributed by atoms with Crippen molar-refractivity contribution in [1.29, 1.82) is 0 Å². The van der Waals surface area contributed by atoms with Gasteiger partial charge in [-0.15, -0.1) is 0 Å². The maximum Gasteiger partial charge on any atom is 0.295 e. The van der Waals surface area contributed by atoms with Crippen LogP contribution < -0.4 is 0 Å². The van der Waals surface area contributed by atoms with Crippen molar-refractivity contribution in [3.63, 3.8) is 0 Å². The molecule has 0 radical (unpaired) electrons. The van der Waals surface area contributed by atoms with Crippen molar-refractivity contribution in [3.8, 4) is 5.75 Å². The molecule has 1 fully saturated rings. The van der Waals surface area contributed by atoms with Gasteiger partial charge < -0.3 is 15.1 Å². The van der Waals surface area contributed by atoms with Crippen molar-refractivity contribution < 1.29 is 24.7 Å². The predicted molar refractivity (Wildman–Crippen MR) is 125 cm³/mol. The van der Waals surface area contributed by atoms with Gasteiger partial charge in [-0.05, 0) is 54.8 Å². The first-order valence-electron chi connectivity index (χ1n) is 10.6. The van der Waals surface area contributed by atoms with E-state index in [0.717, 1.165) is 16.7 Å². The van der Waals surface area contributed by atoms with Crippen LogP contribution in [0, 0.1) is 24.0 Å². The SMILES string of the molecule is Cc1ccc(C)c(CN2C(=O)C(=O)/C(=C(\O)c3ccc([N+](=O)[O-])cc3)C2c2ccc(O)cc2)c1. The van der Waals surface area contributed by atoms with Gasteiger partial charge in [-0.1, -0.05) is 35.9 Å². The zero-order valence-corrected chi connectivity index (χ0v) is 18.6. The number of non-ortho nitro benzene ring substituents is 1. The van der Waals surface area contributed by atoms with Crippen LogP contribution in [0.25, 0.3) is 5.76 Å². The van der Waals surface area contributed by atoms with Gasteiger partial charge in [0.1, 0.15) is 11.5 Å². The predicted octanol–water partition coefficient (Wildman–Crippen LogP) is 4.54. The summed E-state index contributed by atoms with van der Waals surface area (Å²) in [5, 5.41) is 31.8. The average Bonchev–Trinajstić information content (AvgIpc) is 3.06. The second-order valence-corrected chi connectivity index (χ2v) is 8.25. The van der Waals surface area contributed by atoms with Crippen LogP contribution in [0.15, 0.2) is 72.3 Å². The molecule has 3 aromatic rings. The zero-order valence-electron chi connectivity index (χ0n) is 18.6. The molecule has 2 N–H and O–H groups in total. The molecular formula is C26H22N2O6. The van der Waals surface area contributed by atoms with Gasteiger partial charge in [0.2, 0.25) is 0 Å². The van der Waals surface area contributed by atoms with E-state index >= 15 is 0 Å². The number of phenolic OH excluding ortho intramolecular Hbond substituents is 1. The molecule has 1 heterocycles. The highest BCUT2D eigenvalue weighted by atomic mass is 16.6. The molecule has 1 amide bonds. The van der Waals surface area contributed by atoms with Crippen LogP contribution in [0.5, 0.6) is 5.75 Å². The van der Waals surface area contributed by atoms with Crippen LogP contribution >= 0.6 is 0 Å². The van der Waals surface area contributed by atoms with Crippen molar-refractivity contribution in [2.75, 3.05) is 0 Å². The number of hydrogen-bond donors (Lipinski definition) is 2. The van der Waals surface area contributed by atoms with Gasteiger partial charge in [-0.3, -0.25) is 19.7 Å². The van der Waals surface area contributed by atoms with E-state index in [1.165, 1.54) is 41.3 Å². The number of nitrogens with zero attached hydrogens (tertiary/aromatic N) is 2. The number of hydrogen-bond acceptors (Lipinski definition) is 6. The van der Waals surface area contributed by atoms with Crippen molar-refractivity contribution in [2.45, 2.75) is 26.4 Å². The molecule has 4 rings (SSSR count). The van der Waals surface area contributed by atoms with Crippen molar-refractivity contribution in [2.24, 2.45) is 0 Å². The first-order valence-corrected chi connectivity index (χ1v) is 10.6. The molecule has 0 bridgehead atoms. The summed E-state index contributed by atoms with van der Waals surface area (Å²) in [5.74, 6) is -2.01. The number of carbonyl (C=O) groups excluding carboxylic acids is 2. The van der Waals surface area contributed by atoms with Crippen LogP contribution in [0.1, 0.15) is 33.9 Å². The molecule has 0 aromatic heterocycles. The molecule has 0 saturated carbocycles. The highest BCUT2D eigenvalue weighted by Gasteiger charge is 2.46. The first kappa shape index (κ1) is 22.7. The van der Waals surface area contributed by atoms with E-state index in [1.54, 1.807) is 12.1 Å². The maximum atomic E-state index is 13.1. The summed E-state index contributed by atoms with van der Waals surface area (Å²) in [7, 11) is 0. The van der Waals surface area contributed by atoms with Crippen molar-refractivity contribution in [1.82, 2.24) is 4.90 Å². The Hall–Kier alpha value is -4.46. The number of aromatic hydroxyl groups is 1. The van der Waals surface area contributed by atoms with E-state index in [0.29, 0.717) is 5.56 Å². The number of benzene rings is 3. The quantitative estimate of drug-likeness (QED) is 0.190. The number of rotatable bonds is 5. The van der Waals surface area contributed by atoms with Crippen LogP contribution in [-0.2, 0) is 16.1 Å². The molecule has 172 valence electrons. The Morgan fingerprint density at radius 3 is 2.26 bits per heavy atom. The Bertz CT molecular complexity index is 1330. The molecule has 1 unspecified atom stereocenters. The van der Waals surface area contributed by atoms with Crippen molar-refractivity contribution in [3.05, 3.63) is 110 Å². The first-order chi connectivity index (χ1) is 16.2. The summed E-state index contributed by atoms with van der Waals surface area (Å²) in [4.78, 5) is 38.1. The Morgan fingerprint density at radius 1 is 1.00 bits per heavy atom. The fraction of sp³-hybridized carbons (Fsp3) is 0.154. The Balaban J connectivity index is 1.86. The topological polar surface area (TPSA) is 121 Å². The fourth-order valence-corrected chi connectivity index (χ4v) is 4.10. The molecule has 1 atom stereocenters. The summed E-state index contributed by atoms with van der Waals surface area (Å²) in [6.45, 7) is 3.99. The Kier molecular flexibility index (Phi) is 5.89. The third kappa shape index (κ3) is 4.13. The summed E-state index contributed by atoms with van der Waals surface area (Å²) < 4.78 is 0. The van der Waals surface area contributed by atoms with Crippen LogP contribution in [0.3, 0.4) is 0 Å². The second kappa shape index (κ2) is 8.82. The normalized spacial score (nSPS) is 17.2. The molecule has 1 saturated heterocycles. The number of nitro groups is 1. The number of Topliss-reactive ketones (excluding diaryl/α,β-unsaturated/α-hetero) is 1. The molecule has 8 heteroatoms. The summed E-state index contributed by atoms with van der Waals surface area (Å²) in [6.07, 6.45) is 0. The Morgan fingerprint density at radius 2 is 1.65 bits per heavy atom. The number of amides is 1. The Labute approximate surface area is 195 Å². The molecular weight excluding hydrogens is 436 g/mol. The number of aliphatic hydroxyl groups is 1. The van der Waals surface area contributed by atoms with Crippen LogP contribution in [-0.4, -0.2) is 31.7 Å². The average molecular weight is 458 g/mol. The number of phenols is 1. The standard InChI is InChI=1S/C26H22N2O6/c1-15-3-4-16(2)19(13-15)14-27-23(17-7-11-21(29)12-8-17)22(25(31)26(27)32)24(30)18-5-9-20(10-6-18)28(33)34/h3-13,23,29-30H,14H2,1-2H3/b24-22-. The molecule has 8 nitrogen and oxygen atoms in total. The van der Waals surface area contributed by atoms with Crippen molar-refractivity contribution >= 4 is 23.1 Å². The van der Waals surface area contributed by atoms with E-state index in [-0.39, 0.29) is 29.1 Å². The number of nitro benzene ring substituents is 1. The minimum Gasteiger partial charge on any atom is -0.508 e. The lowest BCUT2D eigenvalue weighted by atomic mass is 9.94. The van der Waals surface area contributed by atoms with Gasteiger partial charge in [-0.25, -0.2) is 0 Å². The second-order valence-electron chi connectivity index (χ2n) is 8.25. The van der Waals surface area contributed by atoms with E-state index in [4.69, 9.17) is 0 Å². The summed E-state index contributed by atoms with van der Waals surface area (Å²) >= 11 is 0. The maximum absolute atomic E-state index is 13.1. The van der Waals surface area contributed by atoms with Gasteiger partial charge in [0.15, 0.2) is 0 Å². The van der Waals surface area contributed by atoms with Gasteiger partial charge in [0.05, 0.1) is 16.5 Å². The number of ketones is 1. The lowest BCUT2D eigenvalue weighted by molar-refractivity contribution is -0.384. The summed E-state index contributed by atoms with van der Waals surface area (Å²) in [5.41, 5.74) is 3.25. The van der Waals surface area contributed by atoms with Gasteiger partial charge >= 0.3 is 0 Å². The number of likely N-dealkylation sites (tertiary alicyclic amines) is 1. The molecule has 1 aliphatic heterocycles. The van der Waals surface area contributed by atoms with E-state index in [9.17, 15) is 29.9 Å². The van der Waals surface area contributed by atoms with E-state index in [1.807, 2.05) is 32.0 Å². The number of aliphatic hydroxyl groups excluding tert-OH is 1. The van der Waals surface area contributed by atoms with Gasteiger partial charge in [0, 0.05) is 24.2 Å². The highest BCUT2D eigenvalue weighted by molar-refractivity contribution is 6.46. The minimum atomic E-state index is -0.907. The summed E-state index contributed by atoms with van der Waals surface area (Å²) in [6, 6.07) is 16.1. The largest absolute Gasteiger partial charge is 0.508 e. The van der Waals surface area contributed by atoms with Crippen LogP contribution in [0.4, 0.5) is 5.69 Å². The third-order valence-electron chi connectivity index (χ3n) is 5.95.